The summed E-state index contributed by atoms with van der Waals surface area (Å²) < 4.78 is 0. The summed E-state index contributed by atoms with van der Waals surface area (Å²) in [5, 5.41) is 4.89. The van der Waals surface area contributed by atoms with Crippen molar-refractivity contribution in [2.75, 3.05) is 6.54 Å². The van der Waals surface area contributed by atoms with Crippen LogP contribution in [0.5, 0.6) is 0 Å². The first-order valence-electron chi connectivity index (χ1n) is 6.26. The minimum Gasteiger partial charge on any atom is -0.349 e. The van der Waals surface area contributed by atoms with Crippen molar-refractivity contribution >= 4 is 17.2 Å². The normalized spacial score (nSPS) is 11.5. The molecule has 1 unspecified atom stereocenters. The van der Waals surface area contributed by atoms with Crippen LogP contribution in [0.15, 0.2) is 11.4 Å². The van der Waals surface area contributed by atoms with Gasteiger partial charge < -0.3 is 11.1 Å². The van der Waals surface area contributed by atoms with Crippen LogP contribution in [0.2, 0.25) is 0 Å². The Morgan fingerprint density at radius 2 is 2.39 bits per heavy atom. The van der Waals surface area contributed by atoms with E-state index < -0.39 is 0 Å². The van der Waals surface area contributed by atoms with E-state index in [1.165, 1.54) is 11.3 Å². The average molecular weight is 264 g/mol. The highest BCUT2D eigenvalue weighted by molar-refractivity contribution is 7.12. The molecule has 0 saturated heterocycles. The van der Waals surface area contributed by atoms with Crippen molar-refractivity contribution in [2.45, 2.75) is 39.2 Å². The average Bonchev–Trinajstić information content (AvgIpc) is 2.82. The Bertz CT molecular complexity index is 442. The summed E-state index contributed by atoms with van der Waals surface area (Å²) >= 11 is 1.42. The van der Waals surface area contributed by atoms with Crippen LogP contribution in [0.1, 0.15) is 48.3 Å². The van der Waals surface area contributed by atoms with Gasteiger partial charge in [-0.3, -0.25) is 4.79 Å². The molecule has 0 saturated carbocycles. The van der Waals surface area contributed by atoms with Crippen LogP contribution < -0.4 is 11.1 Å². The number of unbranched alkanes of at least 4 members (excludes halogenated alkanes) is 1. The van der Waals surface area contributed by atoms with E-state index in [9.17, 15) is 4.79 Å². The molecule has 0 radical (unpaired) electrons. The van der Waals surface area contributed by atoms with E-state index in [1.54, 1.807) is 0 Å². The molecule has 0 bridgehead atoms. The Hall–Kier alpha value is -1.31. The van der Waals surface area contributed by atoms with E-state index in [0.717, 1.165) is 24.8 Å². The van der Waals surface area contributed by atoms with Crippen LogP contribution in [0.3, 0.4) is 0 Å². The molecule has 4 heteroatoms. The summed E-state index contributed by atoms with van der Waals surface area (Å²) in [5.74, 6) is 5.67. The van der Waals surface area contributed by atoms with Gasteiger partial charge in [-0.1, -0.05) is 31.6 Å². The van der Waals surface area contributed by atoms with Crippen LogP contribution in [-0.4, -0.2) is 18.5 Å². The number of hydrogen-bond acceptors (Lipinski definition) is 3. The maximum absolute atomic E-state index is 12.1. The molecule has 1 heterocycles. The van der Waals surface area contributed by atoms with Crippen LogP contribution in [0, 0.1) is 11.8 Å². The molecule has 0 aliphatic heterocycles. The standard InChI is InChI=1S/C14H20N2OS/c1-3-4-6-11(2)16-14(17)13-12(7-5-9-15)8-10-18-13/h8,10-11H,3-4,6,9,15H2,1-2H3,(H,16,17). The molecule has 1 aromatic rings. The Morgan fingerprint density at radius 3 is 3.06 bits per heavy atom. The fraction of sp³-hybridized carbons (Fsp3) is 0.500. The lowest BCUT2D eigenvalue weighted by Crippen LogP contribution is -2.32. The molecule has 0 aromatic carbocycles. The van der Waals surface area contributed by atoms with Gasteiger partial charge in [0, 0.05) is 11.6 Å². The van der Waals surface area contributed by atoms with E-state index in [-0.39, 0.29) is 11.9 Å². The van der Waals surface area contributed by atoms with Crippen molar-refractivity contribution in [1.82, 2.24) is 5.32 Å². The predicted molar refractivity (Wildman–Crippen MR) is 76.7 cm³/mol. The number of rotatable bonds is 5. The van der Waals surface area contributed by atoms with Crippen molar-refractivity contribution in [3.05, 3.63) is 21.9 Å². The third-order valence-corrected chi connectivity index (χ3v) is 3.48. The van der Waals surface area contributed by atoms with E-state index in [2.05, 4.69) is 24.1 Å². The van der Waals surface area contributed by atoms with Gasteiger partial charge in [0.05, 0.1) is 6.54 Å². The van der Waals surface area contributed by atoms with E-state index >= 15 is 0 Å². The van der Waals surface area contributed by atoms with Crippen LogP contribution >= 0.6 is 11.3 Å². The van der Waals surface area contributed by atoms with Gasteiger partial charge in [0.25, 0.3) is 5.91 Å². The first-order valence-corrected chi connectivity index (χ1v) is 7.14. The van der Waals surface area contributed by atoms with E-state index in [1.807, 2.05) is 18.4 Å². The minimum atomic E-state index is -0.0325. The fourth-order valence-corrected chi connectivity index (χ4v) is 2.35. The van der Waals surface area contributed by atoms with Gasteiger partial charge in [0.1, 0.15) is 4.88 Å². The Morgan fingerprint density at radius 1 is 1.61 bits per heavy atom. The second-order valence-corrected chi connectivity index (χ2v) is 5.10. The van der Waals surface area contributed by atoms with E-state index in [0.29, 0.717) is 11.4 Å². The molecule has 3 N–H and O–H groups in total. The Labute approximate surface area is 113 Å². The number of nitrogens with one attached hydrogen (secondary N) is 1. The quantitative estimate of drug-likeness (QED) is 0.802. The molecule has 1 aromatic heterocycles. The molecule has 3 nitrogen and oxygen atoms in total. The molecule has 1 atom stereocenters. The lowest BCUT2D eigenvalue weighted by Gasteiger charge is -2.12. The number of carbonyl (C=O) groups excluding carboxylic acids is 1. The first kappa shape index (κ1) is 14.7. The summed E-state index contributed by atoms with van der Waals surface area (Å²) in [6.45, 7) is 4.49. The second kappa shape index (κ2) is 7.91. The number of carbonyl (C=O) groups is 1. The number of hydrogen-bond donors (Lipinski definition) is 2. The Kier molecular flexibility index (Phi) is 6.48. The third kappa shape index (κ3) is 4.52. The summed E-state index contributed by atoms with van der Waals surface area (Å²) in [5.41, 5.74) is 6.11. The molecule has 1 rings (SSSR count). The number of nitrogens with two attached hydrogens (primary N) is 1. The highest BCUT2D eigenvalue weighted by atomic mass is 32.1. The van der Waals surface area contributed by atoms with Crippen molar-refractivity contribution in [3.63, 3.8) is 0 Å². The second-order valence-electron chi connectivity index (χ2n) is 4.19. The summed E-state index contributed by atoms with van der Waals surface area (Å²) in [6.07, 6.45) is 3.29. The topological polar surface area (TPSA) is 55.1 Å². The monoisotopic (exact) mass is 264 g/mol. The number of thiophene rings is 1. The summed E-state index contributed by atoms with van der Waals surface area (Å²) in [6, 6.07) is 2.06. The zero-order chi connectivity index (χ0) is 13.4. The SMILES string of the molecule is CCCCC(C)NC(=O)c1sccc1C#CCN. The lowest BCUT2D eigenvalue weighted by atomic mass is 10.1. The van der Waals surface area contributed by atoms with Crippen LogP contribution in [0.4, 0.5) is 0 Å². The third-order valence-electron chi connectivity index (χ3n) is 2.56. The van der Waals surface area contributed by atoms with Crippen molar-refractivity contribution in [1.29, 1.82) is 0 Å². The van der Waals surface area contributed by atoms with Gasteiger partial charge in [-0.15, -0.1) is 11.3 Å². The first-order chi connectivity index (χ1) is 8.69. The van der Waals surface area contributed by atoms with Crippen molar-refractivity contribution in [2.24, 2.45) is 5.73 Å². The smallest absolute Gasteiger partial charge is 0.262 e. The molecule has 0 aliphatic carbocycles. The maximum atomic E-state index is 12.1. The Balaban J connectivity index is 2.64. The molecular weight excluding hydrogens is 244 g/mol. The molecule has 1 amide bonds. The largest absolute Gasteiger partial charge is 0.349 e. The summed E-state index contributed by atoms with van der Waals surface area (Å²) in [4.78, 5) is 12.7. The van der Waals surface area contributed by atoms with Gasteiger partial charge in [-0.05, 0) is 24.8 Å². The highest BCUT2D eigenvalue weighted by Gasteiger charge is 2.14. The van der Waals surface area contributed by atoms with Crippen LogP contribution in [-0.2, 0) is 0 Å². The fourth-order valence-electron chi connectivity index (χ4n) is 1.60. The predicted octanol–water partition coefficient (Wildman–Crippen LogP) is 2.37. The van der Waals surface area contributed by atoms with Gasteiger partial charge >= 0.3 is 0 Å². The maximum Gasteiger partial charge on any atom is 0.262 e. The minimum absolute atomic E-state index is 0.0325. The van der Waals surface area contributed by atoms with Crippen molar-refractivity contribution in [3.8, 4) is 11.8 Å². The number of amides is 1. The van der Waals surface area contributed by atoms with Gasteiger partial charge in [0.2, 0.25) is 0 Å². The summed E-state index contributed by atoms with van der Waals surface area (Å²) in [7, 11) is 0. The molecule has 0 aliphatic rings. The lowest BCUT2D eigenvalue weighted by molar-refractivity contribution is 0.0942. The molecule has 98 valence electrons. The molecular formula is C14H20N2OS. The van der Waals surface area contributed by atoms with Crippen LogP contribution in [0.25, 0.3) is 0 Å². The zero-order valence-electron chi connectivity index (χ0n) is 11.0. The zero-order valence-corrected chi connectivity index (χ0v) is 11.8. The highest BCUT2D eigenvalue weighted by Crippen LogP contribution is 2.16. The van der Waals surface area contributed by atoms with E-state index in [4.69, 9.17) is 5.73 Å². The van der Waals surface area contributed by atoms with Gasteiger partial charge in [-0.2, -0.15) is 0 Å². The molecule has 18 heavy (non-hydrogen) atoms. The van der Waals surface area contributed by atoms with Gasteiger partial charge in [-0.25, -0.2) is 0 Å². The van der Waals surface area contributed by atoms with Gasteiger partial charge in [0.15, 0.2) is 0 Å². The van der Waals surface area contributed by atoms with Crippen molar-refractivity contribution < 1.29 is 4.79 Å². The molecule has 0 spiro atoms. The molecule has 0 fully saturated rings.